The number of ether oxygens (including phenoxy) is 1. The zero-order valence-electron chi connectivity index (χ0n) is 16.2. The van der Waals surface area contributed by atoms with E-state index in [1.54, 1.807) is 9.80 Å². The third-order valence-corrected chi connectivity index (χ3v) is 4.97. The van der Waals surface area contributed by atoms with Crippen LogP contribution in [0, 0.1) is 5.92 Å². The number of rotatable bonds is 6. The van der Waals surface area contributed by atoms with Gasteiger partial charge in [0.1, 0.15) is 12.4 Å². The first-order chi connectivity index (χ1) is 13.6. The van der Waals surface area contributed by atoms with Crippen LogP contribution in [0.25, 0.3) is 0 Å². The standard InChI is InChI=1S/C22H27N3O3/c1-24(16-17-28-20-10-6-3-7-11-20)21(26)18-12-14-25(15-13-18)22(27)23-19-8-4-2-5-9-19/h2-11,18H,12-17H2,1H3,(H,23,27). The highest BCUT2D eigenvalue weighted by Gasteiger charge is 2.29. The molecule has 28 heavy (non-hydrogen) atoms. The first-order valence-electron chi connectivity index (χ1n) is 9.67. The van der Waals surface area contributed by atoms with E-state index >= 15 is 0 Å². The first-order valence-corrected chi connectivity index (χ1v) is 9.67. The molecule has 1 saturated heterocycles. The third kappa shape index (κ3) is 5.49. The lowest BCUT2D eigenvalue weighted by Crippen LogP contribution is -2.45. The third-order valence-electron chi connectivity index (χ3n) is 4.97. The number of hydrogen-bond acceptors (Lipinski definition) is 3. The average molecular weight is 381 g/mol. The molecule has 6 heteroatoms. The normalized spacial score (nSPS) is 14.4. The number of nitrogens with one attached hydrogen (secondary N) is 1. The molecule has 0 aromatic heterocycles. The minimum atomic E-state index is -0.110. The second kappa shape index (κ2) is 9.78. The van der Waals surface area contributed by atoms with Crippen molar-refractivity contribution in [3.05, 3.63) is 60.7 Å². The van der Waals surface area contributed by atoms with Crippen molar-refractivity contribution in [2.75, 3.05) is 38.6 Å². The summed E-state index contributed by atoms with van der Waals surface area (Å²) in [6.07, 6.45) is 1.37. The number of carbonyl (C=O) groups excluding carboxylic acids is 2. The van der Waals surface area contributed by atoms with E-state index in [9.17, 15) is 9.59 Å². The van der Waals surface area contributed by atoms with Crippen molar-refractivity contribution in [3.63, 3.8) is 0 Å². The SMILES string of the molecule is CN(CCOc1ccccc1)C(=O)C1CCN(C(=O)Nc2ccccc2)CC1. The van der Waals surface area contributed by atoms with E-state index in [1.165, 1.54) is 0 Å². The Labute approximate surface area is 166 Å². The maximum absolute atomic E-state index is 12.7. The van der Waals surface area contributed by atoms with Gasteiger partial charge in [-0.1, -0.05) is 36.4 Å². The monoisotopic (exact) mass is 381 g/mol. The van der Waals surface area contributed by atoms with E-state index in [-0.39, 0.29) is 17.9 Å². The van der Waals surface area contributed by atoms with Gasteiger partial charge >= 0.3 is 6.03 Å². The molecule has 0 bridgehead atoms. The van der Waals surface area contributed by atoms with Gasteiger partial charge in [0.15, 0.2) is 0 Å². The van der Waals surface area contributed by atoms with Crippen LogP contribution in [0.1, 0.15) is 12.8 Å². The summed E-state index contributed by atoms with van der Waals surface area (Å²) in [7, 11) is 1.81. The summed E-state index contributed by atoms with van der Waals surface area (Å²) in [6.45, 7) is 2.18. The highest BCUT2D eigenvalue weighted by Crippen LogP contribution is 2.20. The lowest BCUT2D eigenvalue weighted by atomic mass is 9.95. The molecule has 3 amide bonds. The molecule has 0 unspecified atom stereocenters. The van der Waals surface area contributed by atoms with E-state index in [0.29, 0.717) is 39.1 Å². The quantitative estimate of drug-likeness (QED) is 0.833. The second-order valence-electron chi connectivity index (χ2n) is 6.98. The van der Waals surface area contributed by atoms with Crippen LogP contribution in [0.3, 0.4) is 0 Å². The fourth-order valence-corrected chi connectivity index (χ4v) is 3.29. The van der Waals surface area contributed by atoms with E-state index in [2.05, 4.69) is 5.32 Å². The summed E-state index contributed by atoms with van der Waals surface area (Å²) in [4.78, 5) is 28.5. The van der Waals surface area contributed by atoms with E-state index in [4.69, 9.17) is 4.74 Å². The van der Waals surface area contributed by atoms with Crippen LogP contribution < -0.4 is 10.1 Å². The Morgan fingerprint density at radius 2 is 1.64 bits per heavy atom. The summed E-state index contributed by atoms with van der Waals surface area (Å²) in [6, 6.07) is 18.9. The molecule has 1 aliphatic heterocycles. The number of amides is 3. The zero-order chi connectivity index (χ0) is 19.8. The molecular weight excluding hydrogens is 354 g/mol. The van der Waals surface area contributed by atoms with Crippen molar-refractivity contribution in [3.8, 4) is 5.75 Å². The van der Waals surface area contributed by atoms with Gasteiger partial charge in [0, 0.05) is 31.7 Å². The molecule has 3 rings (SSSR count). The summed E-state index contributed by atoms with van der Waals surface area (Å²) < 4.78 is 5.66. The maximum Gasteiger partial charge on any atom is 0.321 e. The van der Waals surface area contributed by atoms with E-state index < -0.39 is 0 Å². The molecule has 2 aromatic rings. The first kappa shape index (κ1) is 19.7. The van der Waals surface area contributed by atoms with Gasteiger partial charge in [-0.25, -0.2) is 4.79 Å². The fraction of sp³-hybridized carbons (Fsp3) is 0.364. The van der Waals surface area contributed by atoms with E-state index in [0.717, 1.165) is 11.4 Å². The van der Waals surface area contributed by atoms with Crippen molar-refractivity contribution < 1.29 is 14.3 Å². The molecule has 6 nitrogen and oxygen atoms in total. The predicted molar refractivity (Wildman–Crippen MR) is 109 cm³/mol. The van der Waals surface area contributed by atoms with Crippen molar-refractivity contribution in [2.45, 2.75) is 12.8 Å². The summed E-state index contributed by atoms with van der Waals surface area (Å²) in [5.74, 6) is 0.892. The number of para-hydroxylation sites is 2. The van der Waals surface area contributed by atoms with Crippen molar-refractivity contribution in [1.82, 2.24) is 9.80 Å². The van der Waals surface area contributed by atoms with Gasteiger partial charge in [-0.05, 0) is 37.1 Å². The molecular formula is C22H27N3O3. The average Bonchev–Trinajstić information content (AvgIpc) is 2.74. The fourth-order valence-electron chi connectivity index (χ4n) is 3.29. The molecule has 0 atom stereocenters. The minimum Gasteiger partial charge on any atom is -0.492 e. The van der Waals surface area contributed by atoms with Crippen LogP contribution in [0.15, 0.2) is 60.7 Å². The smallest absolute Gasteiger partial charge is 0.321 e. The number of carbonyl (C=O) groups is 2. The number of hydrogen-bond donors (Lipinski definition) is 1. The van der Waals surface area contributed by atoms with Gasteiger partial charge in [-0.15, -0.1) is 0 Å². The maximum atomic E-state index is 12.7. The van der Waals surface area contributed by atoms with Gasteiger partial charge in [0.25, 0.3) is 0 Å². The van der Waals surface area contributed by atoms with E-state index in [1.807, 2.05) is 67.7 Å². The van der Waals surface area contributed by atoms with Crippen LogP contribution >= 0.6 is 0 Å². The molecule has 0 saturated carbocycles. The molecule has 148 valence electrons. The van der Waals surface area contributed by atoms with Crippen molar-refractivity contribution in [2.24, 2.45) is 5.92 Å². The summed E-state index contributed by atoms with van der Waals surface area (Å²) in [5, 5.41) is 2.90. The van der Waals surface area contributed by atoms with Crippen LogP contribution in [-0.2, 0) is 4.79 Å². The number of benzene rings is 2. The molecule has 1 N–H and O–H groups in total. The lowest BCUT2D eigenvalue weighted by Gasteiger charge is -2.33. The van der Waals surface area contributed by atoms with Crippen LogP contribution in [0.5, 0.6) is 5.75 Å². The second-order valence-corrected chi connectivity index (χ2v) is 6.98. The highest BCUT2D eigenvalue weighted by molar-refractivity contribution is 5.89. The van der Waals surface area contributed by atoms with Crippen molar-refractivity contribution >= 4 is 17.6 Å². The Balaban J connectivity index is 1.39. The van der Waals surface area contributed by atoms with Gasteiger partial charge in [0.05, 0.1) is 6.54 Å². The molecule has 1 fully saturated rings. The Kier molecular flexibility index (Phi) is 6.89. The van der Waals surface area contributed by atoms with Gasteiger partial charge < -0.3 is 19.9 Å². The Morgan fingerprint density at radius 3 is 2.29 bits per heavy atom. The molecule has 0 aliphatic carbocycles. The number of urea groups is 1. The van der Waals surface area contributed by atoms with Gasteiger partial charge in [-0.3, -0.25) is 4.79 Å². The molecule has 0 radical (unpaired) electrons. The molecule has 1 heterocycles. The summed E-state index contributed by atoms with van der Waals surface area (Å²) in [5.41, 5.74) is 0.781. The molecule has 0 spiro atoms. The van der Waals surface area contributed by atoms with Crippen LogP contribution in [0.2, 0.25) is 0 Å². The lowest BCUT2D eigenvalue weighted by molar-refractivity contribution is -0.135. The zero-order valence-corrected chi connectivity index (χ0v) is 16.2. The number of piperidine rings is 1. The van der Waals surface area contributed by atoms with Crippen molar-refractivity contribution in [1.29, 1.82) is 0 Å². The van der Waals surface area contributed by atoms with Gasteiger partial charge in [0.2, 0.25) is 5.91 Å². The Bertz CT molecular complexity index is 759. The summed E-state index contributed by atoms with van der Waals surface area (Å²) >= 11 is 0. The number of likely N-dealkylation sites (N-methyl/N-ethyl adjacent to an activating group) is 1. The van der Waals surface area contributed by atoms with Gasteiger partial charge in [-0.2, -0.15) is 0 Å². The minimum absolute atomic E-state index is 0.0394. The number of nitrogens with zero attached hydrogens (tertiary/aromatic N) is 2. The van der Waals surface area contributed by atoms with Crippen LogP contribution in [0.4, 0.5) is 10.5 Å². The predicted octanol–water partition coefficient (Wildman–Crippen LogP) is 3.47. The highest BCUT2D eigenvalue weighted by atomic mass is 16.5. The largest absolute Gasteiger partial charge is 0.492 e. The molecule has 2 aromatic carbocycles. The topological polar surface area (TPSA) is 61.9 Å². The Hall–Kier alpha value is -3.02. The van der Waals surface area contributed by atoms with Crippen LogP contribution in [-0.4, -0.2) is 55.0 Å². The molecule has 1 aliphatic rings. The Morgan fingerprint density at radius 1 is 1.04 bits per heavy atom. The number of likely N-dealkylation sites (tertiary alicyclic amines) is 1. The number of anilines is 1.